The fraction of sp³-hybridized carbons (Fsp3) is 0.467. The van der Waals surface area contributed by atoms with Crippen molar-refractivity contribution in [3.8, 4) is 6.07 Å². The summed E-state index contributed by atoms with van der Waals surface area (Å²) in [5.74, 6) is -0.0703. The van der Waals surface area contributed by atoms with E-state index in [1.54, 1.807) is 0 Å². The first-order chi connectivity index (χ1) is 9.70. The van der Waals surface area contributed by atoms with E-state index < -0.39 is 0 Å². The number of carbonyl (C=O) groups excluding carboxylic acids is 1. The van der Waals surface area contributed by atoms with Crippen molar-refractivity contribution in [2.45, 2.75) is 31.7 Å². The highest BCUT2D eigenvalue weighted by molar-refractivity contribution is 9.10. The number of hydrogen-bond acceptors (Lipinski definition) is 3. The average Bonchev–Trinajstić information content (AvgIpc) is 2.95. The summed E-state index contributed by atoms with van der Waals surface area (Å²) >= 11 is 3.41. The molecule has 1 aliphatic rings. The van der Waals surface area contributed by atoms with Gasteiger partial charge in [-0.15, -0.1) is 0 Å². The van der Waals surface area contributed by atoms with Crippen LogP contribution in [0, 0.1) is 11.3 Å². The van der Waals surface area contributed by atoms with Gasteiger partial charge in [0.15, 0.2) is 0 Å². The summed E-state index contributed by atoms with van der Waals surface area (Å²) in [6.07, 6.45) is 4.56. The van der Waals surface area contributed by atoms with Crippen LogP contribution >= 0.6 is 15.9 Å². The van der Waals surface area contributed by atoms with Crippen molar-refractivity contribution in [1.29, 1.82) is 5.26 Å². The molecule has 0 spiro atoms. The average molecular weight is 336 g/mol. The van der Waals surface area contributed by atoms with E-state index in [1.807, 2.05) is 29.2 Å². The van der Waals surface area contributed by atoms with Gasteiger partial charge >= 0.3 is 0 Å². The molecule has 1 aliphatic carbocycles. The molecule has 20 heavy (non-hydrogen) atoms. The van der Waals surface area contributed by atoms with Crippen molar-refractivity contribution in [2.24, 2.45) is 0 Å². The summed E-state index contributed by atoms with van der Waals surface area (Å²) in [6, 6.07) is 10.1. The Labute approximate surface area is 127 Å². The van der Waals surface area contributed by atoms with Crippen molar-refractivity contribution in [3.63, 3.8) is 0 Å². The Bertz CT molecular complexity index is 506. The lowest BCUT2D eigenvalue weighted by molar-refractivity contribution is -0.117. The van der Waals surface area contributed by atoms with Crippen LogP contribution in [-0.4, -0.2) is 29.9 Å². The maximum absolute atomic E-state index is 12.1. The normalized spacial score (nSPS) is 15.2. The standard InChI is InChI=1S/C15H18BrN3O/c16-13-7-3-4-8-14(13)18-15(20)11-19(10-9-17)12-5-1-2-6-12/h3-4,7-8,12H,1-2,5-6,10-11H2,(H,18,20). The molecule has 0 bridgehead atoms. The minimum absolute atomic E-state index is 0.0703. The monoisotopic (exact) mass is 335 g/mol. The zero-order chi connectivity index (χ0) is 14.4. The lowest BCUT2D eigenvalue weighted by Crippen LogP contribution is -2.39. The van der Waals surface area contributed by atoms with Gasteiger partial charge in [-0.05, 0) is 40.9 Å². The highest BCUT2D eigenvalue weighted by Gasteiger charge is 2.24. The van der Waals surface area contributed by atoms with Crippen LogP contribution in [0.1, 0.15) is 25.7 Å². The molecule has 0 radical (unpaired) electrons. The Morgan fingerprint density at radius 3 is 2.75 bits per heavy atom. The Morgan fingerprint density at radius 2 is 2.10 bits per heavy atom. The fourth-order valence-corrected chi connectivity index (χ4v) is 3.00. The number of benzene rings is 1. The zero-order valence-electron chi connectivity index (χ0n) is 11.3. The summed E-state index contributed by atoms with van der Waals surface area (Å²) in [5, 5.41) is 11.8. The highest BCUT2D eigenvalue weighted by Crippen LogP contribution is 2.24. The number of anilines is 1. The number of rotatable bonds is 5. The quantitative estimate of drug-likeness (QED) is 0.841. The predicted molar refractivity (Wildman–Crippen MR) is 82.2 cm³/mol. The number of carbonyl (C=O) groups is 1. The van der Waals surface area contributed by atoms with Gasteiger partial charge in [0.25, 0.3) is 0 Å². The second-order valence-corrected chi connectivity index (χ2v) is 5.88. The Kier molecular flexibility index (Phi) is 5.57. The third kappa shape index (κ3) is 4.06. The van der Waals surface area contributed by atoms with Gasteiger partial charge in [0, 0.05) is 10.5 Å². The summed E-state index contributed by atoms with van der Waals surface area (Å²) < 4.78 is 0.862. The maximum atomic E-state index is 12.1. The van der Waals surface area contributed by atoms with Crippen molar-refractivity contribution in [3.05, 3.63) is 28.7 Å². The van der Waals surface area contributed by atoms with Gasteiger partial charge < -0.3 is 5.32 Å². The number of nitriles is 1. The molecule has 2 rings (SSSR count). The van der Waals surface area contributed by atoms with E-state index >= 15 is 0 Å². The van der Waals surface area contributed by atoms with Gasteiger partial charge in [0.1, 0.15) is 0 Å². The van der Waals surface area contributed by atoms with Crippen molar-refractivity contribution in [2.75, 3.05) is 18.4 Å². The molecule has 1 aromatic carbocycles. The van der Waals surface area contributed by atoms with E-state index in [0.29, 0.717) is 12.6 Å². The van der Waals surface area contributed by atoms with Crippen LogP contribution < -0.4 is 5.32 Å². The summed E-state index contributed by atoms with van der Waals surface area (Å²) in [4.78, 5) is 14.1. The molecule has 5 heteroatoms. The number of halogens is 1. The van der Waals surface area contributed by atoms with Crippen LogP contribution in [-0.2, 0) is 4.79 Å². The molecule has 1 saturated carbocycles. The second kappa shape index (κ2) is 7.41. The van der Waals surface area contributed by atoms with Crippen LogP contribution in [0.4, 0.5) is 5.69 Å². The molecule has 0 aliphatic heterocycles. The van der Waals surface area contributed by atoms with Crippen LogP contribution in [0.5, 0.6) is 0 Å². The topological polar surface area (TPSA) is 56.1 Å². The first kappa shape index (κ1) is 15.0. The minimum Gasteiger partial charge on any atom is -0.324 e. The molecule has 106 valence electrons. The molecular formula is C15H18BrN3O. The fourth-order valence-electron chi connectivity index (χ4n) is 2.61. The molecule has 1 amide bonds. The molecule has 0 unspecified atom stereocenters. The third-order valence-electron chi connectivity index (χ3n) is 3.61. The Morgan fingerprint density at radius 1 is 1.40 bits per heavy atom. The van der Waals surface area contributed by atoms with Crippen LogP contribution in [0.3, 0.4) is 0 Å². The number of nitrogens with zero attached hydrogens (tertiary/aromatic N) is 2. The van der Waals surface area contributed by atoms with Crippen molar-refractivity contribution >= 4 is 27.5 Å². The number of hydrogen-bond donors (Lipinski definition) is 1. The van der Waals surface area contributed by atoms with Crippen LogP contribution in [0.2, 0.25) is 0 Å². The van der Waals surface area contributed by atoms with E-state index in [4.69, 9.17) is 5.26 Å². The SMILES string of the molecule is N#CCN(CC(=O)Nc1ccccc1Br)C1CCCC1. The molecule has 0 aromatic heterocycles. The highest BCUT2D eigenvalue weighted by atomic mass is 79.9. The van der Waals surface area contributed by atoms with Gasteiger partial charge in [0.2, 0.25) is 5.91 Å². The van der Waals surface area contributed by atoms with E-state index in [1.165, 1.54) is 12.8 Å². The maximum Gasteiger partial charge on any atom is 0.238 e. The van der Waals surface area contributed by atoms with Gasteiger partial charge in [-0.3, -0.25) is 9.69 Å². The molecule has 1 fully saturated rings. The van der Waals surface area contributed by atoms with Crippen molar-refractivity contribution < 1.29 is 4.79 Å². The first-order valence-electron chi connectivity index (χ1n) is 6.86. The number of amides is 1. The van der Waals surface area contributed by atoms with E-state index in [0.717, 1.165) is 23.0 Å². The lowest BCUT2D eigenvalue weighted by atomic mass is 10.2. The lowest BCUT2D eigenvalue weighted by Gasteiger charge is -2.25. The Balaban J connectivity index is 1.94. The Hall–Kier alpha value is -1.38. The zero-order valence-corrected chi connectivity index (χ0v) is 12.9. The van der Waals surface area contributed by atoms with Crippen molar-refractivity contribution in [1.82, 2.24) is 4.90 Å². The van der Waals surface area contributed by atoms with E-state index in [2.05, 4.69) is 27.3 Å². The minimum atomic E-state index is -0.0703. The summed E-state index contributed by atoms with van der Waals surface area (Å²) in [6.45, 7) is 0.591. The van der Waals surface area contributed by atoms with Gasteiger partial charge in [-0.2, -0.15) is 5.26 Å². The van der Waals surface area contributed by atoms with Crippen LogP contribution in [0.25, 0.3) is 0 Å². The van der Waals surface area contributed by atoms with Gasteiger partial charge in [0.05, 0.1) is 24.8 Å². The molecular weight excluding hydrogens is 318 g/mol. The predicted octanol–water partition coefficient (Wildman–Crippen LogP) is 3.16. The van der Waals surface area contributed by atoms with Gasteiger partial charge in [-0.25, -0.2) is 0 Å². The summed E-state index contributed by atoms with van der Waals surface area (Å²) in [5.41, 5.74) is 0.765. The molecule has 0 heterocycles. The molecule has 1 aromatic rings. The number of para-hydroxylation sites is 1. The van der Waals surface area contributed by atoms with E-state index in [-0.39, 0.29) is 12.5 Å². The second-order valence-electron chi connectivity index (χ2n) is 5.03. The molecule has 0 atom stereocenters. The number of nitrogens with one attached hydrogen (secondary N) is 1. The largest absolute Gasteiger partial charge is 0.324 e. The molecule has 0 saturated heterocycles. The molecule has 4 nitrogen and oxygen atoms in total. The summed E-state index contributed by atoms with van der Waals surface area (Å²) in [7, 11) is 0. The van der Waals surface area contributed by atoms with Crippen LogP contribution in [0.15, 0.2) is 28.7 Å². The molecule has 1 N–H and O–H groups in total. The van der Waals surface area contributed by atoms with E-state index in [9.17, 15) is 4.79 Å². The third-order valence-corrected chi connectivity index (χ3v) is 4.30. The first-order valence-corrected chi connectivity index (χ1v) is 7.65. The smallest absolute Gasteiger partial charge is 0.238 e. The van der Waals surface area contributed by atoms with Gasteiger partial charge in [-0.1, -0.05) is 25.0 Å².